The third-order valence-electron chi connectivity index (χ3n) is 3.88. The molecule has 0 saturated carbocycles. The van der Waals surface area contributed by atoms with E-state index < -0.39 is 5.97 Å². The Kier molecular flexibility index (Phi) is 5.51. The maximum atomic E-state index is 10.9. The Labute approximate surface area is 123 Å². The summed E-state index contributed by atoms with van der Waals surface area (Å²) in [5.74, 6) is -0.733. The van der Waals surface area contributed by atoms with Gasteiger partial charge in [-0.1, -0.05) is 13.3 Å². The van der Waals surface area contributed by atoms with Crippen LogP contribution >= 0.6 is 11.3 Å². The molecule has 0 amide bonds. The van der Waals surface area contributed by atoms with Crippen molar-refractivity contribution in [1.29, 1.82) is 0 Å². The van der Waals surface area contributed by atoms with E-state index in [-0.39, 0.29) is 18.2 Å². The number of nitrogens with zero attached hydrogens (tertiary/aromatic N) is 2. The van der Waals surface area contributed by atoms with Crippen LogP contribution in [0.25, 0.3) is 0 Å². The number of thiazole rings is 1. The normalized spacial score (nSPS) is 21.8. The molecular formula is C14H22N2O3S. The first-order valence-electron chi connectivity index (χ1n) is 7.15. The number of carbonyl (C=O) groups is 1. The number of carboxylic acids is 1. The van der Waals surface area contributed by atoms with Crippen LogP contribution in [0.1, 0.15) is 54.0 Å². The Hall–Kier alpha value is -0.980. The largest absolute Gasteiger partial charge is 0.476 e. The summed E-state index contributed by atoms with van der Waals surface area (Å²) in [7, 11) is 0. The van der Waals surface area contributed by atoms with E-state index in [1.807, 2.05) is 0 Å². The summed E-state index contributed by atoms with van der Waals surface area (Å²) in [6, 6.07) is 0.454. The number of piperidine rings is 1. The highest BCUT2D eigenvalue weighted by molar-refractivity contribution is 7.09. The molecule has 1 aromatic rings. The smallest absolute Gasteiger partial charge is 0.355 e. The molecule has 20 heavy (non-hydrogen) atoms. The van der Waals surface area contributed by atoms with Crippen LogP contribution in [0, 0.1) is 0 Å². The number of aromatic carboxylic acids is 1. The van der Waals surface area contributed by atoms with E-state index in [9.17, 15) is 4.79 Å². The van der Waals surface area contributed by atoms with Crippen molar-refractivity contribution in [2.24, 2.45) is 0 Å². The van der Waals surface area contributed by atoms with E-state index in [0.717, 1.165) is 30.9 Å². The van der Waals surface area contributed by atoms with E-state index >= 15 is 0 Å². The van der Waals surface area contributed by atoms with E-state index in [2.05, 4.69) is 16.8 Å². The molecule has 1 aromatic heterocycles. The van der Waals surface area contributed by atoms with Gasteiger partial charge >= 0.3 is 5.97 Å². The van der Waals surface area contributed by atoms with Crippen molar-refractivity contribution in [3.05, 3.63) is 16.1 Å². The Morgan fingerprint density at radius 2 is 2.40 bits per heavy atom. The Morgan fingerprint density at radius 1 is 1.60 bits per heavy atom. The Bertz CT molecular complexity index is 447. The number of likely N-dealkylation sites (tertiary alicyclic amines) is 1. The number of hydrogen-bond acceptors (Lipinski definition) is 5. The highest BCUT2D eigenvalue weighted by atomic mass is 32.1. The lowest BCUT2D eigenvalue weighted by molar-refractivity contribution is 0.0691. The summed E-state index contributed by atoms with van der Waals surface area (Å²) in [4.78, 5) is 17.5. The number of aromatic nitrogens is 1. The third kappa shape index (κ3) is 3.77. The topological polar surface area (TPSA) is 73.7 Å². The highest BCUT2D eigenvalue weighted by Gasteiger charge is 2.25. The molecule has 0 aromatic carbocycles. The predicted octanol–water partition coefficient (Wildman–Crippen LogP) is 2.18. The molecule has 0 spiro atoms. The van der Waals surface area contributed by atoms with Gasteiger partial charge in [0.15, 0.2) is 5.69 Å². The van der Waals surface area contributed by atoms with Gasteiger partial charge in [0, 0.05) is 30.5 Å². The molecule has 2 unspecified atom stereocenters. The summed E-state index contributed by atoms with van der Waals surface area (Å²) >= 11 is 1.42. The van der Waals surface area contributed by atoms with Gasteiger partial charge in [0.1, 0.15) is 0 Å². The molecule has 1 fully saturated rings. The summed E-state index contributed by atoms with van der Waals surface area (Å²) in [6.07, 6.45) is 4.40. The fraction of sp³-hybridized carbons (Fsp3) is 0.714. The van der Waals surface area contributed by atoms with Gasteiger partial charge in [-0.2, -0.15) is 0 Å². The molecule has 5 nitrogen and oxygen atoms in total. The molecule has 0 radical (unpaired) electrons. The van der Waals surface area contributed by atoms with Gasteiger partial charge in [0.25, 0.3) is 0 Å². The lowest BCUT2D eigenvalue weighted by Crippen LogP contribution is -2.42. The zero-order valence-corrected chi connectivity index (χ0v) is 12.6. The quantitative estimate of drug-likeness (QED) is 0.842. The Morgan fingerprint density at radius 3 is 3.05 bits per heavy atom. The van der Waals surface area contributed by atoms with Crippen LogP contribution < -0.4 is 0 Å². The van der Waals surface area contributed by atoms with E-state index in [1.54, 1.807) is 5.38 Å². The molecule has 2 N–H and O–H groups in total. The van der Waals surface area contributed by atoms with Gasteiger partial charge in [-0.05, 0) is 25.8 Å². The molecule has 2 heterocycles. The third-order valence-corrected chi connectivity index (χ3v) is 4.96. The minimum Gasteiger partial charge on any atom is -0.476 e. The van der Waals surface area contributed by atoms with Crippen molar-refractivity contribution in [3.8, 4) is 0 Å². The zero-order chi connectivity index (χ0) is 14.5. The lowest BCUT2D eigenvalue weighted by Gasteiger charge is -2.36. The summed E-state index contributed by atoms with van der Waals surface area (Å²) in [6.45, 7) is 4.27. The first kappa shape index (κ1) is 15.4. The zero-order valence-electron chi connectivity index (χ0n) is 11.8. The predicted molar refractivity (Wildman–Crippen MR) is 78.4 cm³/mol. The van der Waals surface area contributed by atoms with Crippen LogP contribution in [0.5, 0.6) is 0 Å². The molecule has 0 bridgehead atoms. The van der Waals surface area contributed by atoms with Crippen LogP contribution in [0.2, 0.25) is 0 Å². The number of aliphatic hydroxyl groups is 1. The standard InChI is InChI=1S/C14H22N2O3S/c1-10(13-15-12(9-20-13)14(18)19)8-16-6-3-2-4-11(16)5-7-17/h9-11,17H,2-8H2,1H3,(H,18,19). The average molecular weight is 298 g/mol. The number of hydrogen-bond donors (Lipinski definition) is 2. The molecule has 1 saturated heterocycles. The van der Waals surface area contributed by atoms with Gasteiger partial charge in [-0.25, -0.2) is 9.78 Å². The van der Waals surface area contributed by atoms with Gasteiger partial charge in [0.05, 0.1) is 5.01 Å². The van der Waals surface area contributed by atoms with Crippen LogP contribution in [-0.4, -0.2) is 51.8 Å². The molecule has 2 atom stereocenters. The first-order chi connectivity index (χ1) is 9.61. The van der Waals surface area contributed by atoms with Gasteiger partial charge in [0.2, 0.25) is 0 Å². The van der Waals surface area contributed by atoms with Crippen molar-refractivity contribution in [3.63, 3.8) is 0 Å². The van der Waals surface area contributed by atoms with Crippen molar-refractivity contribution in [1.82, 2.24) is 9.88 Å². The highest BCUT2D eigenvalue weighted by Crippen LogP contribution is 2.26. The Balaban J connectivity index is 1.97. The number of aliphatic hydroxyl groups excluding tert-OH is 1. The van der Waals surface area contributed by atoms with Gasteiger partial charge in [-0.3, -0.25) is 4.90 Å². The van der Waals surface area contributed by atoms with Gasteiger partial charge < -0.3 is 10.2 Å². The number of rotatable bonds is 6. The molecule has 2 rings (SSSR count). The van der Waals surface area contributed by atoms with E-state index in [1.165, 1.54) is 24.2 Å². The molecular weight excluding hydrogens is 276 g/mol. The second-order valence-corrected chi connectivity index (χ2v) is 6.32. The van der Waals surface area contributed by atoms with Crippen molar-refractivity contribution < 1.29 is 15.0 Å². The van der Waals surface area contributed by atoms with Crippen molar-refractivity contribution in [2.75, 3.05) is 19.7 Å². The van der Waals surface area contributed by atoms with E-state index in [0.29, 0.717) is 6.04 Å². The second kappa shape index (κ2) is 7.15. The summed E-state index contributed by atoms with van der Waals surface area (Å²) < 4.78 is 0. The lowest BCUT2D eigenvalue weighted by atomic mass is 9.98. The summed E-state index contributed by atoms with van der Waals surface area (Å²) in [5, 5.41) is 20.6. The van der Waals surface area contributed by atoms with Gasteiger partial charge in [-0.15, -0.1) is 11.3 Å². The van der Waals surface area contributed by atoms with E-state index in [4.69, 9.17) is 10.2 Å². The van der Waals surface area contributed by atoms with Crippen molar-refractivity contribution >= 4 is 17.3 Å². The average Bonchev–Trinajstić information content (AvgIpc) is 2.91. The van der Waals surface area contributed by atoms with Crippen LogP contribution in [-0.2, 0) is 0 Å². The SMILES string of the molecule is CC(CN1CCCCC1CCO)c1nc(C(=O)O)cs1. The molecule has 6 heteroatoms. The molecule has 1 aliphatic rings. The van der Waals surface area contributed by atoms with Crippen LogP contribution in [0.3, 0.4) is 0 Å². The molecule has 0 aliphatic carbocycles. The first-order valence-corrected chi connectivity index (χ1v) is 8.03. The minimum absolute atomic E-state index is 0.141. The monoisotopic (exact) mass is 298 g/mol. The minimum atomic E-state index is -0.962. The summed E-state index contributed by atoms with van der Waals surface area (Å²) in [5.41, 5.74) is 0.141. The maximum Gasteiger partial charge on any atom is 0.355 e. The van der Waals surface area contributed by atoms with Crippen LogP contribution in [0.15, 0.2) is 5.38 Å². The molecule has 1 aliphatic heterocycles. The maximum absolute atomic E-state index is 10.9. The van der Waals surface area contributed by atoms with Crippen LogP contribution in [0.4, 0.5) is 0 Å². The number of carboxylic acid groups (broad SMARTS) is 1. The molecule has 112 valence electrons. The fourth-order valence-corrected chi connectivity index (χ4v) is 3.66. The second-order valence-electron chi connectivity index (χ2n) is 5.43. The fourth-order valence-electron chi connectivity index (χ4n) is 2.82. The van der Waals surface area contributed by atoms with Crippen molar-refractivity contribution in [2.45, 2.75) is 44.6 Å².